The third-order valence-corrected chi connectivity index (χ3v) is 14.2. The summed E-state index contributed by atoms with van der Waals surface area (Å²) < 4.78 is 0. The van der Waals surface area contributed by atoms with Gasteiger partial charge >= 0.3 is 0 Å². The fourth-order valence-electron chi connectivity index (χ4n) is 11.1. The van der Waals surface area contributed by atoms with Crippen LogP contribution in [0.25, 0.3) is 22.3 Å². The molecule has 4 heteroatoms. The summed E-state index contributed by atoms with van der Waals surface area (Å²) in [5.74, 6) is 0. The largest absolute Gasteiger partial charge is 0.338 e. The van der Waals surface area contributed by atoms with Crippen LogP contribution in [0.3, 0.4) is 0 Å². The van der Waals surface area contributed by atoms with Gasteiger partial charge in [0.05, 0.1) is 23.5 Å². The Hall–Kier alpha value is -7.30. The van der Waals surface area contributed by atoms with Gasteiger partial charge in [-0.3, -0.25) is 0 Å². The molecule has 3 aliphatic carbocycles. The van der Waals surface area contributed by atoms with Gasteiger partial charge in [0.15, 0.2) is 0 Å². The molecular weight excluding hydrogens is 765 g/mol. The van der Waals surface area contributed by atoms with Crippen LogP contribution >= 0.6 is 0 Å². The van der Waals surface area contributed by atoms with Crippen molar-refractivity contribution in [3.8, 4) is 11.1 Å². The van der Waals surface area contributed by atoms with E-state index in [-0.39, 0.29) is 17.5 Å². The van der Waals surface area contributed by atoms with E-state index in [9.17, 15) is 0 Å². The molecule has 2 aliphatic heterocycles. The highest BCUT2D eigenvalue weighted by atomic mass is 15.3. The first-order valence-electron chi connectivity index (χ1n) is 22.6. The van der Waals surface area contributed by atoms with Crippen LogP contribution < -0.4 is 19.6 Å². The second kappa shape index (κ2) is 15.0. The minimum absolute atomic E-state index is 0.0777. The van der Waals surface area contributed by atoms with E-state index in [1.165, 1.54) is 90.0 Å². The van der Waals surface area contributed by atoms with Gasteiger partial charge in [-0.2, -0.15) is 0 Å². The van der Waals surface area contributed by atoms with Crippen LogP contribution in [0.5, 0.6) is 0 Å². The lowest BCUT2D eigenvalue weighted by molar-refractivity contribution is 0.659. The Kier molecular flexibility index (Phi) is 8.89. The van der Waals surface area contributed by atoms with E-state index in [2.05, 4.69) is 240 Å². The molecule has 0 saturated heterocycles. The zero-order valence-corrected chi connectivity index (χ0v) is 35.9. The Morgan fingerprint density at radius 1 is 0.524 bits per heavy atom. The Labute approximate surface area is 371 Å². The molecule has 306 valence electrons. The highest BCUT2D eigenvalue weighted by Crippen LogP contribution is 2.52. The van der Waals surface area contributed by atoms with Crippen LogP contribution in [0.15, 0.2) is 212 Å². The molecule has 2 heterocycles. The molecule has 5 aliphatic rings. The molecule has 0 radical (unpaired) electrons. The van der Waals surface area contributed by atoms with Gasteiger partial charge in [0.2, 0.25) is 0 Å². The number of fused-ring (bicyclic) bond motifs is 7. The Morgan fingerprint density at radius 2 is 1.16 bits per heavy atom. The summed E-state index contributed by atoms with van der Waals surface area (Å²) in [6.45, 7) is 6.53. The summed E-state index contributed by atoms with van der Waals surface area (Å²) in [6.07, 6.45) is 13.9. The quantitative estimate of drug-likeness (QED) is 0.159. The van der Waals surface area contributed by atoms with E-state index in [4.69, 9.17) is 0 Å². The highest BCUT2D eigenvalue weighted by molar-refractivity contribution is 5.95. The molecule has 0 aromatic heterocycles. The van der Waals surface area contributed by atoms with Crippen LogP contribution in [-0.4, -0.2) is 25.2 Å². The van der Waals surface area contributed by atoms with Gasteiger partial charge in [0.1, 0.15) is 0 Å². The number of nitrogens with zero attached hydrogens (tertiary/aromatic N) is 4. The first-order chi connectivity index (χ1) is 31.0. The SMILES string of the molecule is CC1(C)c2ccccc2-c2ccc(N(c3ccc(N4CCN(C5=CCC6C(=C5)c5ccccc5N6c5ccccc5)c5ccccc54)cc3)C3C=CC(c4ccccc4)=CC3)cc21. The molecule has 2 atom stereocenters. The predicted octanol–water partition coefficient (Wildman–Crippen LogP) is 14.4. The molecule has 0 saturated carbocycles. The molecule has 0 fully saturated rings. The van der Waals surface area contributed by atoms with Gasteiger partial charge in [-0.05, 0) is 125 Å². The first kappa shape index (κ1) is 37.5. The third-order valence-electron chi connectivity index (χ3n) is 14.2. The summed E-state index contributed by atoms with van der Waals surface area (Å²) in [7, 11) is 0. The topological polar surface area (TPSA) is 13.0 Å². The van der Waals surface area contributed by atoms with Gasteiger partial charge in [0.25, 0.3) is 0 Å². The first-order valence-corrected chi connectivity index (χ1v) is 22.6. The van der Waals surface area contributed by atoms with Crippen LogP contribution in [0.4, 0.5) is 39.8 Å². The monoisotopic (exact) mass is 814 g/mol. The highest BCUT2D eigenvalue weighted by Gasteiger charge is 2.38. The maximum absolute atomic E-state index is 2.56. The zero-order valence-electron chi connectivity index (χ0n) is 35.9. The number of hydrogen-bond donors (Lipinski definition) is 0. The molecule has 7 aromatic rings. The molecule has 0 bridgehead atoms. The number of para-hydroxylation sites is 4. The van der Waals surface area contributed by atoms with Crippen LogP contribution in [0.1, 0.15) is 48.9 Å². The van der Waals surface area contributed by atoms with Crippen molar-refractivity contribution < 1.29 is 0 Å². The van der Waals surface area contributed by atoms with Crippen molar-refractivity contribution >= 4 is 51.0 Å². The molecule has 63 heavy (non-hydrogen) atoms. The molecule has 0 spiro atoms. The third kappa shape index (κ3) is 6.19. The lowest BCUT2D eigenvalue weighted by Crippen LogP contribution is -2.39. The van der Waals surface area contributed by atoms with Crippen LogP contribution in [0, 0.1) is 0 Å². The zero-order chi connectivity index (χ0) is 42.1. The van der Waals surface area contributed by atoms with Gasteiger partial charge in [-0.15, -0.1) is 0 Å². The van der Waals surface area contributed by atoms with Crippen molar-refractivity contribution in [2.45, 2.75) is 44.2 Å². The molecule has 7 aromatic carbocycles. The molecule has 2 unspecified atom stereocenters. The summed E-state index contributed by atoms with van der Waals surface area (Å²) in [4.78, 5) is 10.1. The number of allylic oxidation sites excluding steroid dienone is 3. The molecule has 0 N–H and O–H groups in total. The lowest BCUT2D eigenvalue weighted by atomic mass is 9.82. The second-order valence-corrected chi connectivity index (χ2v) is 18.0. The summed E-state index contributed by atoms with van der Waals surface area (Å²) in [6, 6.07) is 65.4. The lowest BCUT2D eigenvalue weighted by Gasteiger charge is -2.41. The minimum Gasteiger partial charge on any atom is -0.338 e. The number of hydrogen-bond acceptors (Lipinski definition) is 4. The molecular formula is C59H50N4. The summed E-state index contributed by atoms with van der Waals surface area (Å²) in [5.41, 5.74) is 20.6. The predicted molar refractivity (Wildman–Crippen MR) is 265 cm³/mol. The Bertz CT molecular complexity index is 3010. The van der Waals surface area contributed by atoms with Crippen molar-refractivity contribution in [2.24, 2.45) is 0 Å². The van der Waals surface area contributed by atoms with Crippen molar-refractivity contribution in [1.29, 1.82) is 0 Å². The van der Waals surface area contributed by atoms with Crippen molar-refractivity contribution in [3.63, 3.8) is 0 Å². The van der Waals surface area contributed by atoms with Gasteiger partial charge < -0.3 is 19.6 Å². The number of anilines is 7. The van der Waals surface area contributed by atoms with E-state index < -0.39 is 0 Å². The molecule has 4 nitrogen and oxygen atoms in total. The van der Waals surface area contributed by atoms with Crippen molar-refractivity contribution in [1.82, 2.24) is 0 Å². The average molecular weight is 815 g/mol. The normalized spacial score (nSPS) is 19.0. The minimum atomic E-state index is -0.0777. The fourth-order valence-corrected chi connectivity index (χ4v) is 11.1. The van der Waals surface area contributed by atoms with E-state index in [0.29, 0.717) is 0 Å². The Balaban J connectivity index is 0.861. The van der Waals surface area contributed by atoms with E-state index in [0.717, 1.165) is 25.9 Å². The molecule has 12 rings (SSSR count). The maximum atomic E-state index is 2.56. The maximum Gasteiger partial charge on any atom is 0.0652 e. The van der Waals surface area contributed by atoms with Crippen LogP contribution in [0.2, 0.25) is 0 Å². The average Bonchev–Trinajstić information content (AvgIpc) is 3.80. The van der Waals surface area contributed by atoms with E-state index in [1.54, 1.807) is 0 Å². The van der Waals surface area contributed by atoms with Crippen molar-refractivity contribution in [3.05, 3.63) is 234 Å². The summed E-state index contributed by atoms with van der Waals surface area (Å²) in [5, 5.41) is 0. The smallest absolute Gasteiger partial charge is 0.0652 e. The number of benzene rings is 7. The van der Waals surface area contributed by atoms with Gasteiger partial charge in [-0.25, -0.2) is 0 Å². The molecule has 0 amide bonds. The standard InChI is InChI=1S/C59H50N4/c1-59(2)53-21-11-9-19-49(53)50-35-33-48(40-54(50)59)62(45-27-25-42(26-28-45)41-15-5-3-6-16-41)46-31-29-43(30-32-46)60-37-38-61(58-24-14-13-23-57(58)60)47-34-36-56-52(39-47)51-20-10-12-22-55(51)63(56)44-17-7-4-8-18-44/h3-27,29-35,39-40,45,56H,28,36-38H2,1-2H3. The van der Waals surface area contributed by atoms with Crippen molar-refractivity contribution in [2.75, 3.05) is 32.7 Å². The van der Waals surface area contributed by atoms with E-state index in [1.807, 2.05) is 0 Å². The van der Waals surface area contributed by atoms with Gasteiger partial charge in [-0.1, -0.05) is 147 Å². The second-order valence-electron chi connectivity index (χ2n) is 18.0. The fraction of sp³-hybridized carbons (Fsp3) is 0.153. The summed E-state index contributed by atoms with van der Waals surface area (Å²) >= 11 is 0. The van der Waals surface area contributed by atoms with Crippen LogP contribution in [-0.2, 0) is 5.41 Å². The Morgan fingerprint density at radius 3 is 1.92 bits per heavy atom. The van der Waals surface area contributed by atoms with Gasteiger partial charge in [0, 0.05) is 58.2 Å². The number of rotatable bonds is 7. The van der Waals surface area contributed by atoms with E-state index >= 15 is 0 Å².